The number of fused-ring (bicyclic) bond motifs is 1. The molecule has 3 nitrogen and oxygen atoms in total. The molecule has 2 heterocycles. The zero-order valence-electron chi connectivity index (χ0n) is 11.5. The summed E-state index contributed by atoms with van der Waals surface area (Å²) < 4.78 is 13.4. The van der Waals surface area contributed by atoms with Crippen molar-refractivity contribution >= 4 is 11.4 Å². The number of anilines is 2. The highest BCUT2D eigenvalue weighted by Gasteiger charge is 2.24. The minimum Gasteiger partial charge on any atom is -0.371 e. The lowest BCUT2D eigenvalue weighted by Gasteiger charge is -2.39. The smallest absolute Gasteiger partial charge is 0.125 e. The first kappa shape index (κ1) is 12.7. The first-order chi connectivity index (χ1) is 9.24. The maximum Gasteiger partial charge on any atom is 0.125 e. The SMILES string of the molecule is CN1CCN(CC2CCNCC2)c2ccc(F)cc21. The Labute approximate surface area is 114 Å². The second-order valence-electron chi connectivity index (χ2n) is 5.69. The van der Waals surface area contributed by atoms with Crippen molar-refractivity contribution in [2.45, 2.75) is 12.8 Å². The third-order valence-corrected chi connectivity index (χ3v) is 4.33. The molecule has 3 rings (SSSR count). The van der Waals surface area contributed by atoms with Crippen LogP contribution in [0.5, 0.6) is 0 Å². The molecule has 0 saturated carbocycles. The van der Waals surface area contributed by atoms with Crippen LogP contribution in [0.15, 0.2) is 18.2 Å². The van der Waals surface area contributed by atoms with Crippen molar-refractivity contribution in [3.63, 3.8) is 0 Å². The van der Waals surface area contributed by atoms with Crippen LogP contribution in [0.4, 0.5) is 15.8 Å². The fourth-order valence-electron chi connectivity index (χ4n) is 3.15. The van der Waals surface area contributed by atoms with Crippen LogP contribution in [0.25, 0.3) is 0 Å². The van der Waals surface area contributed by atoms with Gasteiger partial charge in [0.15, 0.2) is 0 Å². The van der Waals surface area contributed by atoms with Crippen LogP contribution >= 0.6 is 0 Å². The number of nitrogens with zero attached hydrogens (tertiary/aromatic N) is 2. The summed E-state index contributed by atoms with van der Waals surface area (Å²) in [7, 11) is 2.04. The number of hydrogen-bond acceptors (Lipinski definition) is 3. The lowest BCUT2D eigenvalue weighted by molar-refractivity contribution is 0.373. The zero-order chi connectivity index (χ0) is 13.2. The van der Waals surface area contributed by atoms with Gasteiger partial charge in [0, 0.05) is 26.7 Å². The van der Waals surface area contributed by atoms with Gasteiger partial charge < -0.3 is 15.1 Å². The van der Waals surface area contributed by atoms with E-state index < -0.39 is 0 Å². The molecular formula is C15H22FN3. The van der Waals surface area contributed by atoms with Gasteiger partial charge in [-0.2, -0.15) is 0 Å². The monoisotopic (exact) mass is 263 g/mol. The van der Waals surface area contributed by atoms with E-state index in [1.165, 1.54) is 18.5 Å². The fourth-order valence-corrected chi connectivity index (χ4v) is 3.15. The van der Waals surface area contributed by atoms with E-state index in [1.807, 2.05) is 13.1 Å². The number of benzene rings is 1. The Morgan fingerprint density at radius 2 is 2.00 bits per heavy atom. The van der Waals surface area contributed by atoms with Crippen LogP contribution in [0.2, 0.25) is 0 Å². The van der Waals surface area contributed by atoms with Gasteiger partial charge in [0.1, 0.15) is 5.82 Å². The number of rotatable bonds is 2. The third-order valence-electron chi connectivity index (χ3n) is 4.33. The molecule has 0 radical (unpaired) electrons. The standard InChI is InChI=1S/C15H22FN3/c1-18-8-9-19(11-12-4-6-17-7-5-12)14-3-2-13(16)10-15(14)18/h2-3,10,12,17H,4-9,11H2,1H3. The van der Waals surface area contributed by atoms with Gasteiger partial charge >= 0.3 is 0 Å². The molecule has 2 aliphatic heterocycles. The van der Waals surface area contributed by atoms with Gasteiger partial charge in [0.05, 0.1) is 11.4 Å². The van der Waals surface area contributed by atoms with Crippen molar-refractivity contribution < 1.29 is 4.39 Å². The average Bonchev–Trinajstić information content (AvgIpc) is 2.43. The van der Waals surface area contributed by atoms with Crippen molar-refractivity contribution in [1.29, 1.82) is 0 Å². The van der Waals surface area contributed by atoms with E-state index in [9.17, 15) is 4.39 Å². The van der Waals surface area contributed by atoms with E-state index >= 15 is 0 Å². The molecule has 0 aromatic heterocycles. The summed E-state index contributed by atoms with van der Waals surface area (Å²) in [5.74, 6) is 0.622. The van der Waals surface area contributed by atoms with E-state index in [0.717, 1.165) is 44.3 Å². The van der Waals surface area contributed by atoms with Crippen molar-refractivity contribution in [1.82, 2.24) is 5.32 Å². The van der Waals surface area contributed by atoms with Gasteiger partial charge in [-0.15, -0.1) is 0 Å². The maximum atomic E-state index is 13.4. The molecule has 0 bridgehead atoms. The summed E-state index contributed by atoms with van der Waals surface area (Å²) in [6.45, 7) is 5.39. The Morgan fingerprint density at radius 3 is 2.79 bits per heavy atom. The predicted molar refractivity (Wildman–Crippen MR) is 77.5 cm³/mol. The summed E-state index contributed by atoms with van der Waals surface area (Å²) in [4.78, 5) is 4.59. The number of piperidine rings is 1. The van der Waals surface area contributed by atoms with E-state index in [1.54, 1.807) is 12.1 Å². The van der Waals surface area contributed by atoms with Crippen LogP contribution in [-0.4, -0.2) is 39.8 Å². The second-order valence-corrected chi connectivity index (χ2v) is 5.69. The first-order valence-corrected chi connectivity index (χ1v) is 7.20. The van der Waals surface area contributed by atoms with Gasteiger partial charge in [-0.3, -0.25) is 0 Å². The molecular weight excluding hydrogens is 241 g/mol. The van der Waals surface area contributed by atoms with Crippen LogP contribution in [0.3, 0.4) is 0 Å². The molecule has 1 aromatic carbocycles. The molecule has 19 heavy (non-hydrogen) atoms. The molecule has 1 saturated heterocycles. The number of likely N-dealkylation sites (N-methyl/N-ethyl adjacent to an activating group) is 1. The summed E-state index contributed by atoms with van der Waals surface area (Å²) in [6.07, 6.45) is 2.51. The van der Waals surface area contributed by atoms with Crippen molar-refractivity contribution in [2.75, 3.05) is 49.6 Å². The normalized spacial score (nSPS) is 20.5. The molecule has 4 heteroatoms. The Hall–Kier alpha value is -1.29. The lowest BCUT2D eigenvalue weighted by Crippen LogP contribution is -2.43. The molecule has 0 unspecified atom stereocenters. The second kappa shape index (κ2) is 5.37. The minimum atomic E-state index is -0.144. The van der Waals surface area contributed by atoms with Gasteiger partial charge in [-0.25, -0.2) is 4.39 Å². The Morgan fingerprint density at radius 1 is 1.21 bits per heavy atom. The molecule has 0 spiro atoms. The molecule has 0 amide bonds. The highest BCUT2D eigenvalue weighted by Crippen LogP contribution is 2.33. The van der Waals surface area contributed by atoms with Crippen LogP contribution in [0.1, 0.15) is 12.8 Å². The van der Waals surface area contributed by atoms with Crippen LogP contribution < -0.4 is 15.1 Å². The fraction of sp³-hybridized carbons (Fsp3) is 0.600. The topological polar surface area (TPSA) is 18.5 Å². The molecule has 0 atom stereocenters. The van der Waals surface area contributed by atoms with E-state index in [-0.39, 0.29) is 5.82 Å². The summed E-state index contributed by atoms with van der Waals surface area (Å²) in [5.41, 5.74) is 2.22. The van der Waals surface area contributed by atoms with Crippen LogP contribution in [-0.2, 0) is 0 Å². The highest BCUT2D eigenvalue weighted by atomic mass is 19.1. The molecule has 1 N–H and O–H groups in total. The molecule has 0 aliphatic carbocycles. The maximum absolute atomic E-state index is 13.4. The van der Waals surface area contributed by atoms with Crippen molar-refractivity contribution in [3.8, 4) is 0 Å². The van der Waals surface area contributed by atoms with Gasteiger partial charge in [0.2, 0.25) is 0 Å². The lowest BCUT2D eigenvalue weighted by atomic mass is 9.97. The van der Waals surface area contributed by atoms with E-state index in [0.29, 0.717) is 0 Å². The zero-order valence-corrected chi connectivity index (χ0v) is 11.5. The van der Waals surface area contributed by atoms with Crippen molar-refractivity contribution in [3.05, 3.63) is 24.0 Å². The molecule has 104 valence electrons. The molecule has 2 aliphatic rings. The van der Waals surface area contributed by atoms with Crippen molar-refractivity contribution in [2.24, 2.45) is 5.92 Å². The third kappa shape index (κ3) is 2.68. The Bertz CT molecular complexity index is 443. The van der Waals surface area contributed by atoms with Gasteiger partial charge in [-0.1, -0.05) is 0 Å². The van der Waals surface area contributed by atoms with Gasteiger partial charge in [0.25, 0.3) is 0 Å². The first-order valence-electron chi connectivity index (χ1n) is 7.20. The Balaban J connectivity index is 1.78. The predicted octanol–water partition coefficient (Wildman–Crippen LogP) is 2.08. The minimum absolute atomic E-state index is 0.144. The largest absolute Gasteiger partial charge is 0.371 e. The number of halogens is 1. The highest BCUT2D eigenvalue weighted by molar-refractivity contribution is 5.73. The van der Waals surface area contributed by atoms with E-state index in [2.05, 4.69) is 15.1 Å². The number of hydrogen-bond donors (Lipinski definition) is 1. The summed E-state index contributed by atoms with van der Waals surface area (Å²) >= 11 is 0. The molecule has 1 aromatic rings. The average molecular weight is 263 g/mol. The van der Waals surface area contributed by atoms with Crippen LogP contribution in [0, 0.1) is 11.7 Å². The molecule has 1 fully saturated rings. The summed E-state index contributed by atoms with van der Waals surface area (Å²) in [6, 6.07) is 5.17. The summed E-state index contributed by atoms with van der Waals surface area (Å²) in [5, 5.41) is 3.41. The number of nitrogens with one attached hydrogen (secondary N) is 1. The van der Waals surface area contributed by atoms with E-state index in [4.69, 9.17) is 0 Å². The quantitative estimate of drug-likeness (QED) is 0.881. The Kier molecular flexibility index (Phi) is 3.60. The van der Waals surface area contributed by atoms with Gasteiger partial charge in [-0.05, 0) is 50.0 Å².